The van der Waals surface area contributed by atoms with Crippen LogP contribution in [-0.2, 0) is 24.0 Å². The third-order valence-electron chi connectivity index (χ3n) is 11.6. The zero-order valence-electron chi connectivity index (χ0n) is 35.6. The second kappa shape index (κ2) is 16.3. The molecule has 0 unspecified atom stereocenters. The third kappa shape index (κ3) is 7.88. The molecule has 5 aromatic rings. The number of piperazine rings is 1. The van der Waals surface area contributed by atoms with Crippen molar-refractivity contribution in [3.05, 3.63) is 88.5 Å². The van der Waals surface area contributed by atoms with E-state index in [1.54, 1.807) is 92.3 Å². The summed E-state index contributed by atoms with van der Waals surface area (Å²) in [7, 11) is 3.05. The smallest absolute Gasteiger partial charge is 0.417 e. The average molecular weight is 879 g/mol. The van der Waals surface area contributed by atoms with Gasteiger partial charge in [0.2, 0.25) is 5.88 Å². The molecule has 0 spiro atoms. The number of hydrogen-bond acceptors (Lipinski definition) is 11. The van der Waals surface area contributed by atoms with E-state index in [1.165, 1.54) is 21.1 Å². The summed E-state index contributed by atoms with van der Waals surface area (Å²) in [5.41, 5.74) is -3.60. The summed E-state index contributed by atoms with van der Waals surface area (Å²) < 4.78 is 104. The van der Waals surface area contributed by atoms with Crippen molar-refractivity contribution in [1.29, 1.82) is 0 Å². The van der Waals surface area contributed by atoms with Gasteiger partial charge in [-0.25, -0.2) is 28.5 Å². The van der Waals surface area contributed by atoms with Crippen molar-refractivity contribution in [2.24, 2.45) is 0 Å². The van der Waals surface area contributed by atoms with Crippen molar-refractivity contribution in [1.82, 2.24) is 19.9 Å². The molecule has 0 aliphatic carbocycles. The number of thioether (sulfide) groups is 1. The number of alkyl halides is 3. The van der Waals surface area contributed by atoms with Gasteiger partial charge in [-0.2, -0.15) is 13.2 Å². The molecule has 11 nitrogen and oxygen atoms in total. The van der Waals surface area contributed by atoms with Gasteiger partial charge >= 0.3 is 12.3 Å². The number of aryl methyl sites for hydroxylation is 1. The van der Waals surface area contributed by atoms with Gasteiger partial charge in [0.05, 0.1) is 49.2 Å². The fourth-order valence-corrected chi connectivity index (χ4v) is 9.36. The summed E-state index contributed by atoms with van der Waals surface area (Å²) >= 11 is 1.12. The molecule has 3 aliphatic heterocycles. The highest BCUT2D eigenvalue weighted by atomic mass is 32.2. The molecule has 1 amide bonds. The Morgan fingerprint density at radius 1 is 0.919 bits per heavy atom. The number of carbonyl (C=O) groups excluding carboxylic acids is 1. The lowest BCUT2D eigenvalue weighted by molar-refractivity contribution is -0.137. The zero-order valence-corrected chi connectivity index (χ0v) is 36.4. The predicted octanol–water partition coefficient (Wildman–Crippen LogP) is 9.98. The first-order valence-electron chi connectivity index (χ1n) is 20.2. The number of hydrogen-bond donors (Lipinski definition) is 0. The van der Waals surface area contributed by atoms with Crippen LogP contribution in [0.2, 0.25) is 0 Å². The molecular weight excluding hydrogens is 832 g/mol. The minimum absolute atomic E-state index is 0.0472. The minimum atomic E-state index is -5.13. The number of methoxy groups -OCH3 is 2. The summed E-state index contributed by atoms with van der Waals surface area (Å²) in [4.78, 5) is 32.7. The van der Waals surface area contributed by atoms with Crippen LogP contribution in [-0.4, -0.2) is 82.8 Å². The Morgan fingerprint density at radius 2 is 1.53 bits per heavy atom. The van der Waals surface area contributed by atoms with E-state index in [4.69, 9.17) is 23.9 Å². The second-order valence-electron chi connectivity index (χ2n) is 16.8. The maximum absolute atomic E-state index is 17.7. The van der Waals surface area contributed by atoms with Gasteiger partial charge in [-0.1, -0.05) is 36.0 Å². The van der Waals surface area contributed by atoms with Gasteiger partial charge in [-0.3, -0.25) is 4.90 Å². The fourth-order valence-electron chi connectivity index (χ4n) is 9.00. The molecule has 2 fully saturated rings. The fraction of sp³-hybridized carbons (Fsp3) is 0.422. The number of anilines is 2. The molecule has 328 valence electrons. The van der Waals surface area contributed by atoms with E-state index in [0.29, 0.717) is 42.0 Å². The van der Waals surface area contributed by atoms with E-state index in [2.05, 4.69) is 9.97 Å². The first-order valence-corrected chi connectivity index (χ1v) is 21.4. The molecule has 4 atom stereocenters. The number of nitrogens with zero attached hydrogens (tertiary/aromatic N) is 6. The number of fused-ring (bicyclic) bond motifs is 5. The largest absolute Gasteiger partial charge is 0.497 e. The summed E-state index contributed by atoms with van der Waals surface area (Å²) in [6, 6.07) is 14.0. The Labute approximate surface area is 360 Å². The zero-order chi connectivity index (χ0) is 44.4. The highest BCUT2D eigenvalue weighted by Gasteiger charge is 2.54. The first kappa shape index (κ1) is 43.1. The van der Waals surface area contributed by atoms with Gasteiger partial charge in [0.25, 0.3) is 0 Å². The van der Waals surface area contributed by atoms with E-state index in [1.807, 2.05) is 4.90 Å². The Balaban J connectivity index is 1.31. The topological polar surface area (TPSA) is 102 Å². The lowest BCUT2D eigenvalue weighted by Gasteiger charge is -2.48. The maximum Gasteiger partial charge on any atom is 0.417 e. The van der Waals surface area contributed by atoms with Crippen molar-refractivity contribution < 1.29 is 45.7 Å². The highest BCUT2D eigenvalue weighted by molar-refractivity contribution is 7.98. The molecule has 0 saturated carbocycles. The number of halogens is 5. The Morgan fingerprint density at radius 3 is 2.08 bits per heavy atom. The summed E-state index contributed by atoms with van der Waals surface area (Å²) in [5.74, 6) is -1.39. The number of rotatable bonds is 9. The second-order valence-corrected chi connectivity index (χ2v) is 17.6. The molecule has 0 radical (unpaired) electrons. The van der Waals surface area contributed by atoms with E-state index in [-0.39, 0.29) is 58.1 Å². The van der Waals surface area contributed by atoms with Crippen molar-refractivity contribution in [2.45, 2.75) is 102 Å². The van der Waals surface area contributed by atoms with Crippen molar-refractivity contribution >= 4 is 40.3 Å². The van der Waals surface area contributed by atoms with Gasteiger partial charge in [-0.05, 0) is 101 Å². The Bertz CT molecular complexity index is 2470. The van der Waals surface area contributed by atoms with E-state index in [0.717, 1.165) is 17.8 Å². The van der Waals surface area contributed by atoms with Crippen LogP contribution in [0.5, 0.6) is 17.4 Å². The van der Waals surface area contributed by atoms with Gasteiger partial charge in [0.15, 0.2) is 16.8 Å². The van der Waals surface area contributed by atoms with E-state index < -0.39 is 64.5 Å². The number of carbonyl (C=O) groups is 1. The maximum atomic E-state index is 17.7. The number of benzene rings is 3. The molecular formula is C45H47F5N6O5S. The van der Waals surface area contributed by atoms with Crippen molar-refractivity contribution in [3.8, 4) is 28.6 Å². The Hall–Kier alpha value is -5.58. The van der Waals surface area contributed by atoms with Crippen molar-refractivity contribution in [3.63, 3.8) is 0 Å². The predicted molar refractivity (Wildman–Crippen MR) is 226 cm³/mol. The van der Waals surface area contributed by atoms with Gasteiger partial charge in [0.1, 0.15) is 45.6 Å². The average Bonchev–Trinajstić information content (AvgIpc) is 3.47. The van der Waals surface area contributed by atoms with Crippen LogP contribution in [0.1, 0.15) is 62.8 Å². The van der Waals surface area contributed by atoms with E-state index >= 15 is 22.0 Å². The monoisotopic (exact) mass is 878 g/mol. The van der Waals surface area contributed by atoms with Crippen molar-refractivity contribution in [2.75, 3.05) is 36.8 Å². The summed E-state index contributed by atoms with van der Waals surface area (Å²) in [6.45, 7) is 8.77. The number of aromatic nitrogens is 3. The van der Waals surface area contributed by atoms with Gasteiger partial charge in [0, 0.05) is 19.6 Å². The van der Waals surface area contributed by atoms with Crippen LogP contribution in [0.4, 0.5) is 38.3 Å². The quantitative estimate of drug-likeness (QED) is 0.0804. The van der Waals surface area contributed by atoms with Gasteiger partial charge < -0.3 is 28.7 Å². The molecule has 0 N–H and O–H groups in total. The Kier molecular flexibility index (Phi) is 11.3. The summed E-state index contributed by atoms with van der Waals surface area (Å²) in [5, 5.41) is 0.183. The molecule has 62 heavy (non-hydrogen) atoms. The van der Waals surface area contributed by atoms with E-state index in [9.17, 15) is 4.79 Å². The molecule has 5 heterocycles. The van der Waals surface area contributed by atoms with Crippen LogP contribution < -0.4 is 24.0 Å². The van der Waals surface area contributed by atoms with Crippen LogP contribution in [0, 0.1) is 18.6 Å². The standard InChI is InChI=1S/C45H47F5N6O5S/c1-23-19-31(54(20-25-9-14-28(58-6)15-10-25)21-26-11-16-29(59-7)17-12-26)35(46)32(34(23)45(48,49)50)37-36(47)38-33-40(53-42(52-38)62-8)55-22-27-13-18-30(39(55)24(2)60-41(33)51-37)56(27)43(57)61-44(3,4)5/h9-12,14-17,19,24,27,30,39H,13,18,20-22H2,1-8H3/t24-,27+,30-,39+/m0/s1. The molecule has 2 bridgehead atoms. The first-order chi connectivity index (χ1) is 29.4. The number of amides is 1. The molecule has 3 aromatic carbocycles. The van der Waals surface area contributed by atoms with Gasteiger partial charge in [-0.15, -0.1) is 0 Å². The molecule has 3 aliphatic rings. The summed E-state index contributed by atoms with van der Waals surface area (Å²) in [6.07, 6.45) is -3.37. The number of pyridine rings is 1. The third-order valence-corrected chi connectivity index (χ3v) is 12.2. The normalized spacial score (nSPS) is 19.5. The highest BCUT2D eigenvalue weighted by Crippen LogP contribution is 2.49. The number of ether oxygens (including phenoxy) is 4. The molecule has 2 aromatic heterocycles. The molecule has 17 heteroatoms. The molecule has 2 saturated heterocycles. The van der Waals surface area contributed by atoms with Crippen LogP contribution in [0.15, 0.2) is 59.8 Å². The lowest BCUT2D eigenvalue weighted by atomic mass is 9.95. The molecule has 8 rings (SSSR count). The van der Waals surface area contributed by atoms with Crippen LogP contribution in [0.25, 0.3) is 22.2 Å². The van der Waals surface area contributed by atoms with Crippen LogP contribution >= 0.6 is 11.8 Å². The lowest BCUT2D eigenvalue weighted by Crippen LogP contribution is -2.65. The SMILES string of the molecule is COc1ccc(CN(Cc2ccc(OC)cc2)c2cc(C)c(C(F)(F)F)c(-c3nc4c5c(nc(SC)nc5c3F)N3C[C@H]5CC[C@@H]([C@H]3[C@H](C)O4)N5C(=O)OC(C)(C)C)c2F)cc1. The van der Waals surface area contributed by atoms with Crippen LogP contribution in [0.3, 0.4) is 0 Å². The minimum Gasteiger partial charge on any atom is -0.497 e.